The van der Waals surface area contributed by atoms with E-state index in [4.69, 9.17) is 16.2 Å². The Kier molecular flexibility index (Phi) is 6.85. The van der Waals surface area contributed by atoms with Crippen LogP contribution in [0.3, 0.4) is 0 Å². The van der Waals surface area contributed by atoms with Crippen molar-refractivity contribution in [1.29, 1.82) is 0 Å². The number of nitrogens with zero attached hydrogens (tertiary/aromatic N) is 1. The van der Waals surface area contributed by atoms with Gasteiger partial charge in [-0.3, -0.25) is 0 Å². The molecule has 0 fully saturated rings. The van der Waals surface area contributed by atoms with Crippen molar-refractivity contribution in [2.24, 2.45) is 0 Å². The van der Waals surface area contributed by atoms with Crippen LogP contribution in [-0.4, -0.2) is 17.6 Å². The molecule has 0 aliphatic heterocycles. The maximum absolute atomic E-state index is 11.8. The zero-order valence-electron chi connectivity index (χ0n) is 16.7. The first-order valence-electron chi connectivity index (χ1n) is 9.90. The largest absolute Gasteiger partial charge is 0.462 e. The second kappa shape index (κ2) is 9.73. The number of anilines is 2. The summed E-state index contributed by atoms with van der Waals surface area (Å²) < 4.78 is 5.03. The Morgan fingerprint density at radius 2 is 1.62 bits per heavy atom. The Morgan fingerprint density at radius 1 is 0.966 bits per heavy atom. The molecule has 2 aromatic carbocycles. The summed E-state index contributed by atoms with van der Waals surface area (Å²) >= 11 is 0. The normalized spacial score (nSPS) is 11.8. The number of ether oxygens (including phenoxy) is 1. The fraction of sp³-hybridized carbons (Fsp3) is 0.250. The van der Waals surface area contributed by atoms with Crippen LogP contribution < -0.4 is 11.5 Å². The van der Waals surface area contributed by atoms with E-state index < -0.39 is 0 Å². The molecule has 1 aromatic heterocycles. The highest BCUT2D eigenvalue weighted by Crippen LogP contribution is 2.31. The number of esters is 1. The number of hydrogen-bond acceptors (Lipinski definition) is 5. The molecule has 0 radical (unpaired) electrons. The highest BCUT2D eigenvalue weighted by molar-refractivity contribution is 5.89. The van der Waals surface area contributed by atoms with Crippen molar-refractivity contribution in [2.75, 3.05) is 18.1 Å². The molecule has 5 heteroatoms. The highest BCUT2D eigenvalue weighted by Gasteiger charge is 2.15. The average Bonchev–Trinajstić information content (AvgIpc) is 2.72. The molecule has 3 rings (SSSR count). The van der Waals surface area contributed by atoms with Crippen molar-refractivity contribution in [3.8, 4) is 0 Å². The van der Waals surface area contributed by atoms with Crippen molar-refractivity contribution in [3.05, 3.63) is 89.0 Å². The van der Waals surface area contributed by atoms with E-state index in [2.05, 4.69) is 17.1 Å². The summed E-state index contributed by atoms with van der Waals surface area (Å²) in [6.07, 6.45) is 2.86. The Labute approximate surface area is 171 Å². The van der Waals surface area contributed by atoms with E-state index in [1.807, 2.05) is 54.6 Å². The van der Waals surface area contributed by atoms with Gasteiger partial charge in [-0.15, -0.1) is 0 Å². The van der Waals surface area contributed by atoms with Crippen molar-refractivity contribution >= 4 is 17.6 Å². The van der Waals surface area contributed by atoms with E-state index in [0.717, 1.165) is 24.8 Å². The lowest BCUT2D eigenvalue weighted by atomic mass is 9.86. The first-order chi connectivity index (χ1) is 14.1. The molecule has 1 unspecified atom stereocenters. The van der Waals surface area contributed by atoms with E-state index in [0.29, 0.717) is 23.8 Å². The zero-order valence-corrected chi connectivity index (χ0v) is 16.7. The number of carbonyl (C=O) groups is 1. The number of pyridine rings is 1. The Hall–Kier alpha value is -3.34. The van der Waals surface area contributed by atoms with Crippen LogP contribution in [0.4, 0.5) is 11.6 Å². The molecule has 0 saturated heterocycles. The van der Waals surface area contributed by atoms with Crippen LogP contribution in [0.25, 0.3) is 0 Å². The van der Waals surface area contributed by atoms with Crippen molar-refractivity contribution in [3.63, 3.8) is 0 Å². The lowest BCUT2D eigenvalue weighted by Gasteiger charge is -2.19. The van der Waals surface area contributed by atoms with Crippen LogP contribution in [0.5, 0.6) is 0 Å². The summed E-state index contributed by atoms with van der Waals surface area (Å²) in [5, 5.41) is 0. The number of carbonyl (C=O) groups excluding carboxylic acids is 1. The van der Waals surface area contributed by atoms with Gasteiger partial charge in [0.15, 0.2) is 0 Å². The molecular weight excluding hydrogens is 362 g/mol. The van der Waals surface area contributed by atoms with E-state index in [1.165, 1.54) is 11.1 Å². The molecule has 5 nitrogen and oxygen atoms in total. The van der Waals surface area contributed by atoms with Crippen LogP contribution in [0.15, 0.2) is 66.7 Å². The molecule has 1 heterocycles. The summed E-state index contributed by atoms with van der Waals surface area (Å²) in [6, 6.07) is 21.8. The maximum Gasteiger partial charge on any atom is 0.338 e. The van der Waals surface area contributed by atoms with Crippen LogP contribution in [0.2, 0.25) is 0 Å². The second-order valence-corrected chi connectivity index (χ2v) is 7.02. The number of hydrogen-bond donors (Lipinski definition) is 2. The molecule has 0 saturated carbocycles. The first kappa shape index (κ1) is 20.4. The van der Waals surface area contributed by atoms with Gasteiger partial charge in [0.1, 0.15) is 11.6 Å². The minimum Gasteiger partial charge on any atom is -0.462 e. The van der Waals surface area contributed by atoms with Crippen LogP contribution in [0, 0.1) is 0 Å². The number of nitrogen functional groups attached to an aromatic ring is 2. The lowest BCUT2D eigenvalue weighted by Crippen LogP contribution is -2.06. The third-order valence-electron chi connectivity index (χ3n) is 4.91. The maximum atomic E-state index is 11.8. The molecule has 3 aromatic rings. The second-order valence-electron chi connectivity index (χ2n) is 7.02. The van der Waals surface area contributed by atoms with Gasteiger partial charge in [-0.2, -0.15) is 0 Å². The zero-order chi connectivity index (χ0) is 20.6. The standard InChI is InChI=1S/C24H27N3O2/c1-2-29-24(28)19-13-11-17(12-14-19)7-6-10-21(18-8-4-3-5-9-18)20-15-22(25)27-23(26)16-20/h3-5,8-9,11-16,21H,2,6-7,10H2,1H3,(H4,25,26,27). The monoisotopic (exact) mass is 389 g/mol. The predicted molar refractivity (Wildman–Crippen MR) is 117 cm³/mol. The summed E-state index contributed by atoms with van der Waals surface area (Å²) in [4.78, 5) is 15.9. The van der Waals surface area contributed by atoms with E-state index in [-0.39, 0.29) is 11.9 Å². The Bertz CT molecular complexity index is 920. The third-order valence-corrected chi connectivity index (χ3v) is 4.91. The first-order valence-corrected chi connectivity index (χ1v) is 9.90. The summed E-state index contributed by atoms with van der Waals surface area (Å²) in [5.74, 6) is 0.796. The topological polar surface area (TPSA) is 91.2 Å². The number of aryl methyl sites for hydroxylation is 1. The highest BCUT2D eigenvalue weighted by atomic mass is 16.5. The molecule has 0 amide bonds. The average molecular weight is 389 g/mol. The van der Waals surface area contributed by atoms with Gasteiger partial charge >= 0.3 is 5.97 Å². The van der Waals surface area contributed by atoms with E-state index in [9.17, 15) is 4.79 Å². The quantitative estimate of drug-likeness (QED) is 0.550. The number of nitrogens with two attached hydrogens (primary N) is 2. The Morgan fingerprint density at radius 3 is 2.24 bits per heavy atom. The molecular formula is C24H27N3O2. The van der Waals surface area contributed by atoms with Crippen LogP contribution >= 0.6 is 0 Å². The smallest absolute Gasteiger partial charge is 0.338 e. The van der Waals surface area contributed by atoms with Gasteiger partial charge in [0.05, 0.1) is 12.2 Å². The van der Waals surface area contributed by atoms with E-state index in [1.54, 1.807) is 6.92 Å². The molecule has 150 valence electrons. The van der Waals surface area contributed by atoms with Gasteiger partial charge in [-0.25, -0.2) is 9.78 Å². The van der Waals surface area contributed by atoms with Crippen molar-refractivity contribution < 1.29 is 9.53 Å². The lowest BCUT2D eigenvalue weighted by molar-refractivity contribution is 0.0526. The minimum absolute atomic E-state index is 0.197. The molecule has 29 heavy (non-hydrogen) atoms. The molecule has 0 aliphatic carbocycles. The molecule has 0 spiro atoms. The van der Waals surface area contributed by atoms with Crippen LogP contribution in [-0.2, 0) is 11.2 Å². The summed E-state index contributed by atoms with van der Waals surface area (Å²) in [5.41, 5.74) is 15.9. The minimum atomic E-state index is -0.281. The third kappa shape index (κ3) is 5.57. The van der Waals surface area contributed by atoms with Gasteiger partial charge in [-0.1, -0.05) is 42.5 Å². The van der Waals surface area contributed by atoms with Gasteiger partial charge in [-0.05, 0) is 67.1 Å². The van der Waals surface area contributed by atoms with E-state index >= 15 is 0 Å². The summed E-state index contributed by atoms with van der Waals surface area (Å²) in [7, 11) is 0. The number of aromatic nitrogens is 1. The van der Waals surface area contributed by atoms with Gasteiger partial charge < -0.3 is 16.2 Å². The Balaban J connectivity index is 1.70. The molecule has 0 aliphatic rings. The van der Waals surface area contributed by atoms with Gasteiger partial charge in [0.25, 0.3) is 0 Å². The number of rotatable bonds is 8. The molecule has 1 atom stereocenters. The fourth-order valence-corrected chi connectivity index (χ4v) is 3.54. The SMILES string of the molecule is CCOC(=O)c1ccc(CCCC(c2ccccc2)c2cc(N)nc(N)c2)cc1. The van der Waals surface area contributed by atoms with Crippen LogP contribution in [0.1, 0.15) is 52.7 Å². The molecule has 4 N–H and O–H groups in total. The number of benzene rings is 2. The van der Waals surface area contributed by atoms with Gasteiger partial charge in [0, 0.05) is 5.92 Å². The van der Waals surface area contributed by atoms with Crippen molar-refractivity contribution in [1.82, 2.24) is 4.98 Å². The predicted octanol–water partition coefficient (Wildman–Crippen LogP) is 4.58. The van der Waals surface area contributed by atoms with Gasteiger partial charge in [0.2, 0.25) is 0 Å². The van der Waals surface area contributed by atoms with Crippen molar-refractivity contribution in [2.45, 2.75) is 32.1 Å². The fourth-order valence-electron chi connectivity index (χ4n) is 3.54. The molecule has 0 bridgehead atoms. The summed E-state index contributed by atoms with van der Waals surface area (Å²) in [6.45, 7) is 2.19.